The smallest absolute Gasteiger partial charge is 0.220 e. The van der Waals surface area contributed by atoms with Crippen molar-refractivity contribution in [3.63, 3.8) is 0 Å². The Morgan fingerprint density at radius 1 is 1.55 bits per heavy atom. The molecular weight excluding hydrogens is 270 g/mol. The van der Waals surface area contributed by atoms with Gasteiger partial charge in [-0.3, -0.25) is 4.79 Å². The Balaban J connectivity index is 1.71. The molecule has 2 N–H and O–H groups in total. The molecule has 1 atom stereocenters. The Morgan fingerprint density at radius 2 is 2.30 bits per heavy atom. The molecule has 0 saturated carbocycles. The first-order valence-electron chi connectivity index (χ1n) is 7.59. The van der Waals surface area contributed by atoms with Crippen molar-refractivity contribution in [3.8, 4) is 0 Å². The van der Waals surface area contributed by atoms with Gasteiger partial charge in [-0.25, -0.2) is 4.98 Å². The average molecular weight is 295 g/mol. The molecule has 0 radical (unpaired) electrons. The summed E-state index contributed by atoms with van der Waals surface area (Å²) in [5, 5.41) is 9.54. The topological polar surface area (TPSA) is 54.0 Å². The second kappa shape index (κ2) is 7.74. The molecule has 1 saturated heterocycles. The van der Waals surface area contributed by atoms with Gasteiger partial charge in [-0.15, -0.1) is 11.3 Å². The number of hydrogen-bond donors (Lipinski definition) is 2. The number of thiazole rings is 1. The van der Waals surface area contributed by atoms with E-state index >= 15 is 0 Å². The Bertz CT molecular complexity index is 427. The molecule has 4 nitrogen and oxygen atoms in total. The molecule has 20 heavy (non-hydrogen) atoms. The molecule has 1 unspecified atom stereocenters. The second-order valence-corrected chi connectivity index (χ2v) is 6.57. The lowest BCUT2D eigenvalue weighted by molar-refractivity contribution is -0.122. The van der Waals surface area contributed by atoms with E-state index in [1.165, 1.54) is 12.8 Å². The number of hydrogen-bond acceptors (Lipinski definition) is 4. The third-order valence-electron chi connectivity index (χ3n) is 4.06. The molecule has 0 aliphatic carbocycles. The molecule has 1 aliphatic rings. The number of aromatic nitrogens is 1. The normalized spacial score (nSPS) is 17.9. The van der Waals surface area contributed by atoms with Crippen LogP contribution in [0.15, 0.2) is 5.38 Å². The minimum absolute atomic E-state index is 0.155. The van der Waals surface area contributed by atoms with Crippen LogP contribution in [0.25, 0.3) is 0 Å². The van der Waals surface area contributed by atoms with Crippen LogP contribution in [0, 0.1) is 11.8 Å². The molecule has 0 aromatic carbocycles. The SMILES string of the molecule is CCc1nc(CNC(=O)CC(C)C2CCNCC2)cs1. The van der Waals surface area contributed by atoms with Crippen molar-refractivity contribution in [2.75, 3.05) is 13.1 Å². The number of carbonyl (C=O) groups is 1. The van der Waals surface area contributed by atoms with E-state index in [9.17, 15) is 4.79 Å². The average Bonchev–Trinajstić information content (AvgIpc) is 2.94. The van der Waals surface area contributed by atoms with Gasteiger partial charge in [-0.1, -0.05) is 13.8 Å². The zero-order valence-electron chi connectivity index (χ0n) is 12.4. The zero-order valence-corrected chi connectivity index (χ0v) is 13.3. The summed E-state index contributed by atoms with van der Waals surface area (Å²) in [5.74, 6) is 1.31. The lowest BCUT2D eigenvalue weighted by atomic mass is 9.84. The number of nitrogens with one attached hydrogen (secondary N) is 2. The van der Waals surface area contributed by atoms with Crippen LogP contribution < -0.4 is 10.6 Å². The van der Waals surface area contributed by atoms with E-state index in [0.717, 1.165) is 30.2 Å². The van der Waals surface area contributed by atoms with Crippen molar-refractivity contribution in [2.45, 2.75) is 46.1 Å². The standard InChI is InChI=1S/C15H25N3OS/c1-3-15-18-13(10-20-15)9-17-14(19)8-11(2)12-4-6-16-7-5-12/h10-12,16H,3-9H2,1-2H3,(H,17,19). The first-order chi connectivity index (χ1) is 9.69. The summed E-state index contributed by atoms with van der Waals surface area (Å²) in [6.07, 6.45) is 3.99. The van der Waals surface area contributed by atoms with Crippen LogP contribution in [0.4, 0.5) is 0 Å². The number of piperidine rings is 1. The molecule has 1 amide bonds. The monoisotopic (exact) mass is 295 g/mol. The highest BCUT2D eigenvalue weighted by Gasteiger charge is 2.21. The van der Waals surface area contributed by atoms with E-state index in [2.05, 4.69) is 29.5 Å². The predicted octanol–water partition coefficient (Wildman–Crippen LogP) is 2.35. The molecule has 1 aromatic heterocycles. The molecule has 0 bridgehead atoms. The molecule has 1 aromatic rings. The Hall–Kier alpha value is -0.940. The van der Waals surface area contributed by atoms with Crippen LogP contribution in [-0.2, 0) is 17.8 Å². The number of nitrogens with zero attached hydrogens (tertiary/aromatic N) is 1. The lowest BCUT2D eigenvalue weighted by Gasteiger charge is -2.27. The van der Waals surface area contributed by atoms with E-state index in [0.29, 0.717) is 24.8 Å². The molecule has 112 valence electrons. The summed E-state index contributed by atoms with van der Waals surface area (Å²) < 4.78 is 0. The van der Waals surface area contributed by atoms with Crippen LogP contribution in [0.5, 0.6) is 0 Å². The van der Waals surface area contributed by atoms with Crippen molar-refractivity contribution >= 4 is 17.2 Å². The largest absolute Gasteiger partial charge is 0.350 e. The molecule has 1 aliphatic heterocycles. The van der Waals surface area contributed by atoms with Crippen molar-refractivity contribution in [3.05, 3.63) is 16.1 Å². The first-order valence-corrected chi connectivity index (χ1v) is 8.47. The zero-order chi connectivity index (χ0) is 14.4. The molecule has 0 spiro atoms. The maximum atomic E-state index is 12.0. The van der Waals surface area contributed by atoms with Gasteiger partial charge in [0.05, 0.1) is 17.2 Å². The fourth-order valence-electron chi connectivity index (χ4n) is 2.73. The minimum atomic E-state index is 0.155. The first kappa shape index (κ1) is 15.4. The van der Waals surface area contributed by atoms with Crippen LogP contribution in [-0.4, -0.2) is 24.0 Å². The maximum Gasteiger partial charge on any atom is 0.220 e. The van der Waals surface area contributed by atoms with Gasteiger partial charge in [0, 0.05) is 11.8 Å². The summed E-state index contributed by atoms with van der Waals surface area (Å²) >= 11 is 1.67. The quantitative estimate of drug-likeness (QED) is 0.847. The highest BCUT2D eigenvalue weighted by atomic mass is 32.1. The lowest BCUT2D eigenvalue weighted by Crippen LogP contribution is -2.33. The molecule has 2 heterocycles. The van der Waals surface area contributed by atoms with E-state index in [1.807, 2.05) is 5.38 Å². The van der Waals surface area contributed by atoms with Gasteiger partial charge >= 0.3 is 0 Å². The highest BCUT2D eigenvalue weighted by Crippen LogP contribution is 2.24. The van der Waals surface area contributed by atoms with Gasteiger partial charge in [-0.05, 0) is 44.2 Å². The summed E-state index contributed by atoms with van der Waals surface area (Å²) in [6, 6.07) is 0. The van der Waals surface area contributed by atoms with Crippen molar-refractivity contribution in [1.29, 1.82) is 0 Å². The van der Waals surface area contributed by atoms with Gasteiger partial charge in [0.15, 0.2) is 0 Å². The van der Waals surface area contributed by atoms with Crippen LogP contribution in [0.3, 0.4) is 0 Å². The number of carbonyl (C=O) groups excluding carboxylic acids is 1. The van der Waals surface area contributed by atoms with Crippen molar-refractivity contribution in [2.24, 2.45) is 11.8 Å². The molecular formula is C15H25N3OS. The van der Waals surface area contributed by atoms with Crippen molar-refractivity contribution in [1.82, 2.24) is 15.6 Å². The van der Waals surface area contributed by atoms with Gasteiger partial charge in [0.25, 0.3) is 0 Å². The minimum Gasteiger partial charge on any atom is -0.350 e. The molecule has 5 heteroatoms. The van der Waals surface area contributed by atoms with Gasteiger partial charge < -0.3 is 10.6 Å². The van der Waals surface area contributed by atoms with Gasteiger partial charge in [0.1, 0.15) is 0 Å². The Labute approximate surface area is 125 Å². The third kappa shape index (κ3) is 4.56. The summed E-state index contributed by atoms with van der Waals surface area (Å²) in [7, 11) is 0. The summed E-state index contributed by atoms with van der Waals surface area (Å²) in [6.45, 7) is 7.05. The summed E-state index contributed by atoms with van der Waals surface area (Å²) in [5.41, 5.74) is 0.981. The van der Waals surface area contributed by atoms with Crippen LogP contribution in [0.1, 0.15) is 43.8 Å². The predicted molar refractivity (Wildman–Crippen MR) is 82.7 cm³/mol. The molecule has 2 rings (SSSR count). The van der Waals surface area contributed by atoms with E-state index < -0.39 is 0 Å². The van der Waals surface area contributed by atoms with Gasteiger partial charge in [-0.2, -0.15) is 0 Å². The number of amides is 1. The Kier molecular flexibility index (Phi) is 5.98. The summed E-state index contributed by atoms with van der Waals surface area (Å²) in [4.78, 5) is 16.5. The number of aryl methyl sites for hydroxylation is 1. The Morgan fingerprint density at radius 3 is 2.95 bits per heavy atom. The molecule has 1 fully saturated rings. The number of rotatable bonds is 6. The van der Waals surface area contributed by atoms with E-state index in [1.54, 1.807) is 11.3 Å². The fraction of sp³-hybridized carbons (Fsp3) is 0.733. The second-order valence-electron chi connectivity index (χ2n) is 5.63. The fourth-order valence-corrected chi connectivity index (χ4v) is 3.47. The van der Waals surface area contributed by atoms with Crippen molar-refractivity contribution < 1.29 is 4.79 Å². The van der Waals surface area contributed by atoms with Gasteiger partial charge in [0.2, 0.25) is 5.91 Å². The maximum absolute atomic E-state index is 12.0. The highest BCUT2D eigenvalue weighted by molar-refractivity contribution is 7.09. The van der Waals surface area contributed by atoms with Crippen LogP contribution >= 0.6 is 11.3 Å². The third-order valence-corrected chi connectivity index (χ3v) is 5.11. The van der Waals surface area contributed by atoms with E-state index in [-0.39, 0.29) is 5.91 Å². The van der Waals surface area contributed by atoms with Crippen LogP contribution in [0.2, 0.25) is 0 Å². The van der Waals surface area contributed by atoms with E-state index in [4.69, 9.17) is 0 Å².